The van der Waals surface area contributed by atoms with Crippen molar-refractivity contribution in [3.8, 4) is 0 Å². The number of nitroso groups, excluding NO2 is 1. The van der Waals surface area contributed by atoms with Crippen molar-refractivity contribution in [3.63, 3.8) is 0 Å². The van der Waals surface area contributed by atoms with Gasteiger partial charge in [-0.2, -0.15) is 0 Å². The third kappa shape index (κ3) is 4.73. The monoisotopic (exact) mass is 132 g/mol. The SMILES string of the molecule is CC(=O)OCN(C)N=O. The molecule has 0 aromatic rings. The van der Waals surface area contributed by atoms with Crippen LogP contribution in [-0.2, 0) is 9.53 Å². The maximum absolute atomic E-state index is 10.1. The summed E-state index contributed by atoms with van der Waals surface area (Å²) in [6.45, 7) is 1.18. The van der Waals surface area contributed by atoms with Gasteiger partial charge in [-0.05, 0) is 0 Å². The lowest BCUT2D eigenvalue weighted by molar-refractivity contribution is -0.145. The van der Waals surface area contributed by atoms with Crippen LogP contribution in [0, 0.1) is 4.91 Å². The molecule has 0 saturated carbocycles. The molecule has 0 rings (SSSR count). The molecule has 0 radical (unpaired) electrons. The number of carbonyl (C=O) groups excluding carboxylic acids is 1. The lowest BCUT2D eigenvalue weighted by Crippen LogP contribution is -2.16. The van der Waals surface area contributed by atoms with E-state index in [2.05, 4.69) is 10.0 Å². The van der Waals surface area contributed by atoms with Gasteiger partial charge in [0.05, 0.1) is 5.29 Å². The molecule has 0 unspecified atom stereocenters. The van der Waals surface area contributed by atoms with Gasteiger partial charge in [0.15, 0.2) is 6.73 Å². The minimum Gasteiger partial charge on any atom is -0.443 e. The van der Waals surface area contributed by atoms with Crippen molar-refractivity contribution in [2.75, 3.05) is 13.8 Å². The molecule has 5 heteroatoms. The lowest BCUT2D eigenvalue weighted by Gasteiger charge is -2.06. The van der Waals surface area contributed by atoms with Gasteiger partial charge in [0.1, 0.15) is 0 Å². The van der Waals surface area contributed by atoms with E-state index in [-0.39, 0.29) is 6.73 Å². The molecule has 0 aliphatic heterocycles. The summed E-state index contributed by atoms with van der Waals surface area (Å²) in [7, 11) is 1.41. The van der Waals surface area contributed by atoms with Crippen LogP contribution in [0.25, 0.3) is 0 Å². The Bertz CT molecular complexity index is 114. The molecular formula is C4H8N2O3. The molecule has 0 spiro atoms. The van der Waals surface area contributed by atoms with Gasteiger partial charge < -0.3 is 4.74 Å². The number of hydrogen-bond acceptors (Lipinski definition) is 4. The summed E-state index contributed by atoms with van der Waals surface area (Å²) in [5.41, 5.74) is 0. The minimum atomic E-state index is -0.425. The van der Waals surface area contributed by atoms with Gasteiger partial charge >= 0.3 is 5.97 Å². The van der Waals surface area contributed by atoms with Crippen molar-refractivity contribution >= 4 is 5.97 Å². The molecule has 52 valence electrons. The molecule has 0 aliphatic carbocycles. The highest BCUT2D eigenvalue weighted by atomic mass is 16.5. The Morgan fingerprint density at radius 1 is 1.78 bits per heavy atom. The summed E-state index contributed by atoms with van der Waals surface area (Å²) in [5.74, 6) is -0.425. The van der Waals surface area contributed by atoms with Gasteiger partial charge in [0.2, 0.25) is 0 Å². The molecular weight excluding hydrogens is 124 g/mol. The number of carbonyl (C=O) groups is 1. The van der Waals surface area contributed by atoms with E-state index in [4.69, 9.17) is 0 Å². The van der Waals surface area contributed by atoms with E-state index >= 15 is 0 Å². The molecule has 0 aromatic carbocycles. The van der Waals surface area contributed by atoms with E-state index in [0.29, 0.717) is 0 Å². The van der Waals surface area contributed by atoms with Crippen LogP contribution >= 0.6 is 0 Å². The molecule has 0 fully saturated rings. The smallest absolute Gasteiger partial charge is 0.304 e. The summed E-state index contributed by atoms with van der Waals surface area (Å²) in [6.07, 6.45) is 0. The normalized spacial score (nSPS) is 8.22. The fourth-order valence-electron chi connectivity index (χ4n) is 0.208. The highest BCUT2D eigenvalue weighted by molar-refractivity contribution is 5.65. The zero-order valence-electron chi connectivity index (χ0n) is 5.33. The highest BCUT2D eigenvalue weighted by Crippen LogP contribution is 1.82. The predicted molar refractivity (Wildman–Crippen MR) is 30.2 cm³/mol. The Balaban J connectivity index is 3.26. The molecule has 0 aliphatic rings. The number of nitrogens with zero attached hydrogens (tertiary/aromatic N) is 2. The standard InChI is InChI=1S/C4H8N2O3/c1-4(7)9-3-6(2)5-8/h3H2,1-2H3. The molecule has 0 aromatic heterocycles. The highest BCUT2D eigenvalue weighted by Gasteiger charge is 1.95. The zero-order valence-corrected chi connectivity index (χ0v) is 5.33. The Morgan fingerprint density at radius 3 is 2.67 bits per heavy atom. The first-order valence-corrected chi connectivity index (χ1v) is 2.34. The Hall–Kier alpha value is -1.13. The first-order chi connectivity index (χ1) is 4.16. The van der Waals surface area contributed by atoms with Crippen LogP contribution in [0.5, 0.6) is 0 Å². The average Bonchev–Trinajstić information content (AvgIpc) is 1.83. The fraction of sp³-hybridized carbons (Fsp3) is 0.750. The number of rotatable bonds is 3. The number of esters is 1. The molecule has 0 bridgehead atoms. The van der Waals surface area contributed by atoms with Gasteiger partial charge in [-0.3, -0.25) is 4.79 Å². The predicted octanol–water partition coefficient (Wildman–Crippen LogP) is 0.120. The van der Waals surface area contributed by atoms with Crippen LogP contribution < -0.4 is 0 Å². The van der Waals surface area contributed by atoms with E-state index in [1.54, 1.807) is 0 Å². The second-order valence-electron chi connectivity index (χ2n) is 1.50. The second-order valence-corrected chi connectivity index (χ2v) is 1.50. The van der Waals surface area contributed by atoms with Gasteiger partial charge in [-0.1, -0.05) is 0 Å². The van der Waals surface area contributed by atoms with Gasteiger partial charge in [-0.15, -0.1) is 4.91 Å². The summed E-state index contributed by atoms with van der Waals surface area (Å²) < 4.78 is 4.39. The quantitative estimate of drug-likeness (QED) is 0.237. The first kappa shape index (κ1) is 7.87. The van der Waals surface area contributed by atoms with Crippen LogP contribution in [0.3, 0.4) is 0 Å². The van der Waals surface area contributed by atoms with Crippen LogP contribution in [0.15, 0.2) is 5.29 Å². The topological polar surface area (TPSA) is 59.0 Å². The average molecular weight is 132 g/mol. The Morgan fingerprint density at radius 2 is 2.33 bits per heavy atom. The van der Waals surface area contributed by atoms with E-state index in [1.165, 1.54) is 14.0 Å². The number of ether oxygens (including phenoxy) is 1. The summed E-state index contributed by atoms with van der Waals surface area (Å²) in [4.78, 5) is 19.7. The lowest BCUT2D eigenvalue weighted by atomic mass is 10.8. The Kier molecular flexibility index (Phi) is 3.34. The minimum absolute atomic E-state index is 0.0845. The van der Waals surface area contributed by atoms with Crippen LogP contribution in [0.2, 0.25) is 0 Å². The van der Waals surface area contributed by atoms with Crippen molar-refractivity contribution in [2.24, 2.45) is 5.29 Å². The van der Waals surface area contributed by atoms with Crippen LogP contribution in [0.1, 0.15) is 6.92 Å². The number of hydrogen-bond donors (Lipinski definition) is 0. The van der Waals surface area contributed by atoms with Crippen molar-refractivity contribution < 1.29 is 9.53 Å². The summed E-state index contributed by atoms with van der Waals surface area (Å²) >= 11 is 0. The molecule has 9 heavy (non-hydrogen) atoms. The van der Waals surface area contributed by atoms with Crippen molar-refractivity contribution in [1.82, 2.24) is 5.01 Å². The van der Waals surface area contributed by atoms with Crippen LogP contribution in [0.4, 0.5) is 0 Å². The third-order valence-electron chi connectivity index (χ3n) is 0.594. The third-order valence-corrected chi connectivity index (χ3v) is 0.594. The fourth-order valence-corrected chi connectivity index (χ4v) is 0.208. The Labute approximate surface area is 52.5 Å². The first-order valence-electron chi connectivity index (χ1n) is 2.34. The van der Waals surface area contributed by atoms with Crippen molar-refractivity contribution in [2.45, 2.75) is 6.92 Å². The summed E-state index contributed by atoms with van der Waals surface area (Å²) in [5, 5.41) is 3.44. The molecule has 0 atom stereocenters. The van der Waals surface area contributed by atoms with E-state index in [1.807, 2.05) is 0 Å². The molecule has 0 amide bonds. The molecule has 0 heterocycles. The van der Waals surface area contributed by atoms with E-state index in [0.717, 1.165) is 5.01 Å². The van der Waals surface area contributed by atoms with Crippen LogP contribution in [-0.4, -0.2) is 24.8 Å². The molecule has 0 N–H and O–H groups in total. The molecule has 5 nitrogen and oxygen atoms in total. The maximum atomic E-state index is 10.1. The summed E-state index contributed by atoms with van der Waals surface area (Å²) in [6, 6.07) is 0. The van der Waals surface area contributed by atoms with Gasteiger partial charge in [0, 0.05) is 14.0 Å². The van der Waals surface area contributed by atoms with Crippen molar-refractivity contribution in [3.05, 3.63) is 4.91 Å². The second kappa shape index (κ2) is 3.82. The van der Waals surface area contributed by atoms with E-state index < -0.39 is 5.97 Å². The van der Waals surface area contributed by atoms with Gasteiger partial charge in [-0.25, -0.2) is 5.01 Å². The van der Waals surface area contributed by atoms with Crippen molar-refractivity contribution in [1.29, 1.82) is 0 Å². The molecule has 0 saturated heterocycles. The van der Waals surface area contributed by atoms with Gasteiger partial charge in [0.25, 0.3) is 0 Å². The largest absolute Gasteiger partial charge is 0.443 e. The van der Waals surface area contributed by atoms with E-state index in [9.17, 15) is 9.70 Å². The zero-order chi connectivity index (χ0) is 7.28. The maximum Gasteiger partial charge on any atom is 0.304 e.